The van der Waals surface area contributed by atoms with Gasteiger partial charge in [-0.2, -0.15) is 0 Å². The second-order valence-electron chi connectivity index (χ2n) is 6.42. The molecule has 25 heavy (non-hydrogen) atoms. The fraction of sp³-hybridized carbons (Fsp3) is 0.400. The van der Waals surface area contributed by atoms with Gasteiger partial charge in [-0.1, -0.05) is 24.3 Å². The smallest absolute Gasteiger partial charge is 0.223 e. The topological polar surface area (TPSA) is 48.5 Å². The Labute approximate surface area is 149 Å². The zero-order valence-corrected chi connectivity index (χ0v) is 14.8. The first-order chi connectivity index (χ1) is 12.2. The van der Waals surface area contributed by atoms with Crippen LogP contribution in [0.2, 0.25) is 0 Å². The lowest BCUT2D eigenvalue weighted by atomic mass is 10.1. The molecule has 5 heteroatoms. The first kappa shape index (κ1) is 17.4. The van der Waals surface area contributed by atoms with E-state index in [4.69, 9.17) is 0 Å². The number of anilines is 1. The summed E-state index contributed by atoms with van der Waals surface area (Å²) in [6.07, 6.45) is 4.17. The molecular weight excluding hydrogens is 312 g/mol. The van der Waals surface area contributed by atoms with Crippen LogP contribution in [0.5, 0.6) is 0 Å². The Morgan fingerprint density at radius 1 is 1.12 bits per heavy atom. The highest BCUT2D eigenvalue weighted by Gasteiger charge is 2.20. The van der Waals surface area contributed by atoms with Crippen molar-refractivity contribution >= 4 is 11.6 Å². The van der Waals surface area contributed by atoms with Gasteiger partial charge in [-0.25, -0.2) is 0 Å². The van der Waals surface area contributed by atoms with Crippen LogP contribution >= 0.6 is 0 Å². The Kier molecular flexibility index (Phi) is 6.01. The summed E-state index contributed by atoms with van der Waals surface area (Å²) in [7, 11) is 0. The van der Waals surface area contributed by atoms with Crippen LogP contribution in [0.3, 0.4) is 0 Å². The number of pyridine rings is 1. The number of hydrogen-bond donors (Lipinski definition) is 1. The first-order valence-electron chi connectivity index (χ1n) is 8.95. The molecule has 0 aliphatic carbocycles. The van der Waals surface area contributed by atoms with Crippen LogP contribution in [-0.4, -0.2) is 48.5 Å². The molecule has 2 heterocycles. The molecule has 0 spiro atoms. The summed E-state index contributed by atoms with van der Waals surface area (Å²) < 4.78 is 0. The predicted octanol–water partition coefficient (Wildman–Crippen LogP) is 2.47. The normalized spacial score (nSPS) is 15.9. The molecular formula is C20H26N4O. The molecule has 0 radical (unpaired) electrons. The quantitative estimate of drug-likeness (QED) is 0.879. The monoisotopic (exact) mass is 338 g/mol. The van der Waals surface area contributed by atoms with Crippen LogP contribution in [0, 0.1) is 0 Å². The molecule has 132 valence electrons. The Morgan fingerprint density at radius 3 is 2.56 bits per heavy atom. The van der Waals surface area contributed by atoms with E-state index in [1.165, 1.54) is 5.69 Å². The lowest BCUT2D eigenvalue weighted by molar-refractivity contribution is -0.131. The van der Waals surface area contributed by atoms with E-state index < -0.39 is 0 Å². The summed E-state index contributed by atoms with van der Waals surface area (Å²) in [6, 6.07) is 14.6. The number of carbonyl (C=O) groups is 1. The molecule has 1 N–H and O–H groups in total. The van der Waals surface area contributed by atoms with Crippen molar-refractivity contribution in [2.75, 3.05) is 37.6 Å². The number of nitrogens with zero attached hydrogens (tertiary/aromatic N) is 3. The van der Waals surface area contributed by atoms with E-state index in [-0.39, 0.29) is 11.9 Å². The Morgan fingerprint density at radius 2 is 1.88 bits per heavy atom. The highest BCUT2D eigenvalue weighted by atomic mass is 16.2. The third-order valence-corrected chi connectivity index (χ3v) is 4.73. The standard InChI is InChI=1S/C20H26N4O/c1-17(18-6-5-10-21-16-18)22-11-9-20(25)24-14-12-23(13-15-24)19-7-3-2-4-8-19/h2-8,10,16-17,22H,9,11-15H2,1H3. The predicted molar refractivity (Wildman–Crippen MR) is 101 cm³/mol. The molecule has 1 unspecified atom stereocenters. The average Bonchev–Trinajstić information content (AvgIpc) is 2.69. The van der Waals surface area contributed by atoms with Crippen LogP contribution in [0.4, 0.5) is 5.69 Å². The molecule has 1 atom stereocenters. The number of amides is 1. The Hall–Kier alpha value is -2.40. The molecule has 1 aliphatic heterocycles. The summed E-state index contributed by atoms with van der Waals surface area (Å²) in [5.41, 5.74) is 2.38. The van der Waals surface area contributed by atoms with Crippen molar-refractivity contribution in [3.05, 3.63) is 60.4 Å². The summed E-state index contributed by atoms with van der Waals surface area (Å²) >= 11 is 0. The SMILES string of the molecule is CC(NCCC(=O)N1CCN(c2ccccc2)CC1)c1cccnc1. The number of aromatic nitrogens is 1. The van der Waals surface area contributed by atoms with Crippen LogP contribution in [-0.2, 0) is 4.79 Å². The van der Waals surface area contributed by atoms with E-state index >= 15 is 0 Å². The van der Waals surface area contributed by atoms with Gasteiger partial charge in [-0.05, 0) is 30.7 Å². The molecule has 3 rings (SSSR count). The molecule has 0 bridgehead atoms. The zero-order chi connectivity index (χ0) is 17.5. The van der Waals surface area contributed by atoms with E-state index in [1.807, 2.05) is 23.2 Å². The van der Waals surface area contributed by atoms with Crippen molar-refractivity contribution in [1.82, 2.24) is 15.2 Å². The number of rotatable bonds is 6. The minimum Gasteiger partial charge on any atom is -0.368 e. The van der Waals surface area contributed by atoms with Gasteiger partial charge in [0, 0.05) is 63.3 Å². The molecule has 1 aromatic carbocycles. The van der Waals surface area contributed by atoms with E-state index in [0.29, 0.717) is 13.0 Å². The van der Waals surface area contributed by atoms with Gasteiger partial charge in [0.05, 0.1) is 0 Å². The van der Waals surface area contributed by atoms with Crippen molar-refractivity contribution < 1.29 is 4.79 Å². The second kappa shape index (κ2) is 8.62. The van der Waals surface area contributed by atoms with Gasteiger partial charge in [0.1, 0.15) is 0 Å². The van der Waals surface area contributed by atoms with E-state index in [1.54, 1.807) is 6.20 Å². The maximum absolute atomic E-state index is 12.4. The van der Waals surface area contributed by atoms with Gasteiger partial charge in [-0.3, -0.25) is 9.78 Å². The number of benzene rings is 1. The van der Waals surface area contributed by atoms with Crippen LogP contribution < -0.4 is 10.2 Å². The molecule has 5 nitrogen and oxygen atoms in total. The minimum atomic E-state index is 0.205. The molecule has 1 aromatic heterocycles. The van der Waals surface area contributed by atoms with Crippen molar-refractivity contribution in [2.45, 2.75) is 19.4 Å². The van der Waals surface area contributed by atoms with Crippen LogP contribution in [0.15, 0.2) is 54.9 Å². The Bertz CT molecular complexity index is 654. The van der Waals surface area contributed by atoms with Gasteiger partial charge >= 0.3 is 0 Å². The third-order valence-electron chi connectivity index (χ3n) is 4.73. The summed E-state index contributed by atoms with van der Waals surface area (Å²) in [5.74, 6) is 0.235. The van der Waals surface area contributed by atoms with Gasteiger partial charge < -0.3 is 15.1 Å². The molecule has 0 saturated carbocycles. The number of nitrogens with one attached hydrogen (secondary N) is 1. The minimum absolute atomic E-state index is 0.205. The lowest BCUT2D eigenvalue weighted by Gasteiger charge is -2.36. The van der Waals surface area contributed by atoms with Gasteiger partial charge in [0.25, 0.3) is 0 Å². The van der Waals surface area contributed by atoms with Crippen molar-refractivity contribution in [3.8, 4) is 0 Å². The summed E-state index contributed by atoms with van der Waals surface area (Å²) in [4.78, 5) is 20.9. The first-order valence-corrected chi connectivity index (χ1v) is 8.95. The van der Waals surface area contributed by atoms with Crippen molar-refractivity contribution in [1.29, 1.82) is 0 Å². The van der Waals surface area contributed by atoms with E-state index in [9.17, 15) is 4.79 Å². The second-order valence-corrected chi connectivity index (χ2v) is 6.42. The summed E-state index contributed by atoms with van der Waals surface area (Å²) in [5, 5.41) is 3.41. The highest BCUT2D eigenvalue weighted by Crippen LogP contribution is 2.16. The number of piperazine rings is 1. The van der Waals surface area contributed by atoms with Crippen LogP contribution in [0.25, 0.3) is 0 Å². The largest absolute Gasteiger partial charge is 0.368 e. The zero-order valence-electron chi connectivity index (χ0n) is 14.8. The van der Waals surface area contributed by atoms with Gasteiger partial charge in [-0.15, -0.1) is 0 Å². The average molecular weight is 338 g/mol. The lowest BCUT2D eigenvalue weighted by Crippen LogP contribution is -2.49. The molecule has 1 amide bonds. The van der Waals surface area contributed by atoms with Crippen LogP contribution in [0.1, 0.15) is 24.9 Å². The molecule has 1 fully saturated rings. The molecule has 2 aromatic rings. The Balaban J connectivity index is 1.39. The fourth-order valence-electron chi connectivity index (χ4n) is 3.16. The summed E-state index contributed by atoms with van der Waals surface area (Å²) in [6.45, 7) is 6.18. The number of para-hydroxylation sites is 1. The van der Waals surface area contributed by atoms with E-state index in [2.05, 4.69) is 52.5 Å². The van der Waals surface area contributed by atoms with Gasteiger partial charge in [0.15, 0.2) is 0 Å². The molecule has 1 aliphatic rings. The van der Waals surface area contributed by atoms with Crippen molar-refractivity contribution in [3.63, 3.8) is 0 Å². The molecule has 1 saturated heterocycles. The fourth-order valence-corrected chi connectivity index (χ4v) is 3.16. The van der Waals surface area contributed by atoms with E-state index in [0.717, 1.165) is 31.7 Å². The maximum Gasteiger partial charge on any atom is 0.223 e. The third kappa shape index (κ3) is 4.79. The van der Waals surface area contributed by atoms with Crippen molar-refractivity contribution in [2.24, 2.45) is 0 Å². The number of hydrogen-bond acceptors (Lipinski definition) is 4. The number of carbonyl (C=O) groups excluding carboxylic acids is 1. The maximum atomic E-state index is 12.4. The van der Waals surface area contributed by atoms with Gasteiger partial charge in [0.2, 0.25) is 5.91 Å². The highest BCUT2D eigenvalue weighted by molar-refractivity contribution is 5.76.